The minimum Gasteiger partial charge on any atom is -0.265 e. The number of aryl methyl sites for hydroxylation is 1. The summed E-state index contributed by atoms with van der Waals surface area (Å²) in [6.07, 6.45) is 5.13. The molecule has 0 saturated carbocycles. The normalized spacial score (nSPS) is 10.4. The van der Waals surface area contributed by atoms with Crippen molar-refractivity contribution >= 4 is 28.1 Å². The van der Waals surface area contributed by atoms with E-state index in [9.17, 15) is 4.79 Å². The molecule has 0 spiro atoms. The lowest BCUT2D eigenvalue weighted by Crippen LogP contribution is -2.19. The molecule has 0 N–H and O–H groups in total. The van der Waals surface area contributed by atoms with E-state index in [2.05, 4.69) is 21.2 Å². The van der Waals surface area contributed by atoms with Crippen molar-refractivity contribution in [1.29, 1.82) is 0 Å². The van der Waals surface area contributed by atoms with Crippen LogP contribution in [-0.4, -0.2) is 25.6 Å². The van der Waals surface area contributed by atoms with Crippen LogP contribution in [0.5, 0.6) is 0 Å². The van der Waals surface area contributed by atoms with Gasteiger partial charge in [0, 0.05) is 0 Å². The van der Waals surface area contributed by atoms with Gasteiger partial charge in [-0.05, 0) is 6.92 Å². The fourth-order valence-electron chi connectivity index (χ4n) is 0.937. The van der Waals surface area contributed by atoms with Crippen LogP contribution in [0.15, 0.2) is 9.13 Å². The van der Waals surface area contributed by atoms with E-state index in [4.69, 9.17) is 6.42 Å². The predicted molar refractivity (Wildman–Crippen MR) is 59.2 cm³/mol. The fraction of sp³-hybridized carbons (Fsp3) is 0.250. The van der Waals surface area contributed by atoms with Crippen LogP contribution in [-0.2, 0) is 0 Å². The predicted octanol–water partition coefficient (Wildman–Crippen LogP) is 0.580. The molecular weight excluding hydrogens is 232 g/mol. The van der Waals surface area contributed by atoms with E-state index in [1.165, 1.54) is 27.6 Å². The Labute approximate surface area is 93.5 Å². The van der Waals surface area contributed by atoms with Gasteiger partial charge in [0.05, 0.1) is 5.75 Å². The van der Waals surface area contributed by atoms with Gasteiger partial charge in [0.2, 0.25) is 4.96 Å². The molecule has 0 aliphatic rings. The van der Waals surface area contributed by atoms with Crippen molar-refractivity contribution in [2.24, 2.45) is 0 Å². The first-order chi connectivity index (χ1) is 7.22. The van der Waals surface area contributed by atoms with E-state index in [-0.39, 0.29) is 5.56 Å². The molecule has 0 saturated heterocycles. The Hall–Kier alpha value is -1.39. The van der Waals surface area contributed by atoms with Crippen LogP contribution < -0.4 is 5.56 Å². The molecule has 15 heavy (non-hydrogen) atoms. The number of rotatable bonds is 2. The van der Waals surface area contributed by atoms with Crippen molar-refractivity contribution < 1.29 is 0 Å². The molecule has 5 nitrogen and oxygen atoms in total. The third-order valence-electron chi connectivity index (χ3n) is 1.61. The highest BCUT2D eigenvalue weighted by atomic mass is 32.2. The lowest BCUT2D eigenvalue weighted by atomic mass is 10.5. The van der Waals surface area contributed by atoms with Gasteiger partial charge in [0.15, 0.2) is 4.34 Å². The molecule has 0 aromatic carbocycles. The van der Waals surface area contributed by atoms with E-state index < -0.39 is 0 Å². The van der Waals surface area contributed by atoms with E-state index in [0.717, 1.165) is 4.34 Å². The van der Waals surface area contributed by atoms with Crippen LogP contribution in [0.1, 0.15) is 5.69 Å². The third kappa shape index (κ3) is 1.86. The molecule has 0 aliphatic carbocycles. The number of fused-ring (bicyclic) bond motifs is 1. The van der Waals surface area contributed by atoms with E-state index >= 15 is 0 Å². The highest BCUT2D eigenvalue weighted by Crippen LogP contribution is 2.21. The van der Waals surface area contributed by atoms with Crippen LogP contribution in [0.3, 0.4) is 0 Å². The maximum atomic E-state index is 11.6. The summed E-state index contributed by atoms with van der Waals surface area (Å²) >= 11 is 2.71. The summed E-state index contributed by atoms with van der Waals surface area (Å²) in [5.74, 6) is 3.02. The number of thioether (sulfide) groups is 1. The number of hydrogen-bond acceptors (Lipinski definition) is 6. The van der Waals surface area contributed by atoms with Gasteiger partial charge in [-0.15, -0.1) is 21.7 Å². The summed E-state index contributed by atoms with van der Waals surface area (Å²) in [6, 6.07) is 0. The first-order valence-corrected chi connectivity index (χ1v) is 5.82. The topological polar surface area (TPSA) is 60.2 Å². The average molecular weight is 238 g/mol. The summed E-state index contributed by atoms with van der Waals surface area (Å²) in [4.78, 5) is 12.1. The summed E-state index contributed by atoms with van der Waals surface area (Å²) in [5, 5.41) is 11.7. The molecule has 2 heterocycles. The maximum Gasteiger partial charge on any atom is 0.296 e. The Balaban J connectivity index is 2.52. The molecule has 7 heteroatoms. The zero-order chi connectivity index (χ0) is 10.8. The summed E-state index contributed by atoms with van der Waals surface area (Å²) in [6.45, 7) is 1.61. The zero-order valence-electron chi connectivity index (χ0n) is 7.80. The first-order valence-electron chi connectivity index (χ1n) is 4.02. The highest BCUT2D eigenvalue weighted by Gasteiger charge is 2.08. The Morgan fingerprint density at radius 2 is 2.40 bits per heavy atom. The number of nitrogens with zero attached hydrogens (tertiary/aromatic N) is 4. The van der Waals surface area contributed by atoms with Gasteiger partial charge in [0.1, 0.15) is 5.69 Å². The SMILES string of the molecule is C#CCSc1nn2c(=O)c(C)nnc2s1. The molecule has 2 aromatic heterocycles. The van der Waals surface area contributed by atoms with Gasteiger partial charge in [-0.1, -0.05) is 29.0 Å². The monoisotopic (exact) mass is 238 g/mol. The molecule has 2 rings (SSSR count). The lowest BCUT2D eigenvalue weighted by Gasteiger charge is -1.88. The largest absolute Gasteiger partial charge is 0.296 e. The van der Waals surface area contributed by atoms with Crippen LogP contribution in [0.4, 0.5) is 0 Å². The second kappa shape index (κ2) is 4.00. The lowest BCUT2D eigenvalue weighted by molar-refractivity contribution is 0.803. The Bertz CT molecular complexity index is 595. The Morgan fingerprint density at radius 1 is 1.60 bits per heavy atom. The highest BCUT2D eigenvalue weighted by molar-refractivity contribution is 8.01. The van der Waals surface area contributed by atoms with Crippen molar-refractivity contribution in [3.05, 3.63) is 16.0 Å². The quantitative estimate of drug-likeness (QED) is 0.566. The molecule has 76 valence electrons. The van der Waals surface area contributed by atoms with Gasteiger partial charge < -0.3 is 0 Å². The molecule has 0 fully saturated rings. The van der Waals surface area contributed by atoms with Crippen LogP contribution in [0, 0.1) is 19.3 Å². The van der Waals surface area contributed by atoms with E-state index in [0.29, 0.717) is 16.4 Å². The molecule has 0 unspecified atom stereocenters. The molecule has 0 aliphatic heterocycles. The van der Waals surface area contributed by atoms with Crippen molar-refractivity contribution in [1.82, 2.24) is 19.8 Å². The first kappa shape index (κ1) is 10.1. The number of aromatic nitrogens is 4. The smallest absolute Gasteiger partial charge is 0.265 e. The molecule has 0 amide bonds. The van der Waals surface area contributed by atoms with Crippen LogP contribution in [0.25, 0.3) is 4.96 Å². The average Bonchev–Trinajstić information content (AvgIpc) is 2.64. The van der Waals surface area contributed by atoms with Crippen molar-refractivity contribution in [3.63, 3.8) is 0 Å². The summed E-state index contributed by atoms with van der Waals surface area (Å²) < 4.78 is 1.98. The minimum atomic E-state index is -0.233. The second-order valence-corrected chi connectivity index (χ2v) is 4.82. The third-order valence-corrected chi connectivity index (χ3v) is 3.54. The van der Waals surface area contributed by atoms with Crippen molar-refractivity contribution in [2.75, 3.05) is 5.75 Å². The van der Waals surface area contributed by atoms with Gasteiger partial charge in [0.25, 0.3) is 5.56 Å². The van der Waals surface area contributed by atoms with E-state index in [1.807, 2.05) is 0 Å². The molecular formula is C8H6N4OS2. The summed E-state index contributed by atoms with van der Waals surface area (Å²) in [5.41, 5.74) is 0.107. The maximum absolute atomic E-state index is 11.6. The minimum absolute atomic E-state index is 0.233. The van der Waals surface area contributed by atoms with E-state index in [1.54, 1.807) is 6.92 Å². The van der Waals surface area contributed by atoms with Crippen molar-refractivity contribution in [2.45, 2.75) is 11.3 Å². The number of terminal acetylenes is 1. The van der Waals surface area contributed by atoms with Crippen LogP contribution >= 0.6 is 23.1 Å². The standard InChI is InChI=1S/C8H6N4OS2/c1-3-4-14-8-11-12-6(13)5(2)9-10-7(12)15-8/h1H,4H2,2H3. The Kier molecular flexibility index (Phi) is 2.70. The van der Waals surface area contributed by atoms with Crippen molar-refractivity contribution in [3.8, 4) is 12.3 Å². The molecule has 0 bridgehead atoms. The van der Waals surface area contributed by atoms with Gasteiger partial charge in [-0.3, -0.25) is 4.79 Å². The van der Waals surface area contributed by atoms with Gasteiger partial charge in [-0.25, -0.2) is 0 Å². The zero-order valence-corrected chi connectivity index (χ0v) is 9.43. The second-order valence-electron chi connectivity index (χ2n) is 2.65. The summed E-state index contributed by atoms with van der Waals surface area (Å²) in [7, 11) is 0. The molecule has 0 radical (unpaired) electrons. The van der Waals surface area contributed by atoms with Crippen LogP contribution in [0.2, 0.25) is 0 Å². The van der Waals surface area contributed by atoms with Gasteiger partial charge >= 0.3 is 0 Å². The number of hydrogen-bond donors (Lipinski definition) is 0. The van der Waals surface area contributed by atoms with Gasteiger partial charge in [-0.2, -0.15) is 4.52 Å². The molecule has 2 aromatic rings. The fourth-order valence-corrected chi connectivity index (χ4v) is 2.49. The Morgan fingerprint density at radius 3 is 3.13 bits per heavy atom. The molecule has 0 atom stereocenters.